The third kappa shape index (κ3) is 3.73. The van der Waals surface area contributed by atoms with Crippen LogP contribution in [0.15, 0.2) is 0 Å². The summed E-state index contributed by atoms with van der Waals surface area (Å²) in [5, 5.41) is -0.171. The standard InChI is InChI=1S/C8H17O4PS/c1-5-11-13(10,12-6-2)7(3)8(9)14-4/h7H,5-6H2,1-4H3. The highest BCUT2D eigenvalue weighted by atomic mass is 32.2. The highest BCUT2D eigenvalue weighted by Gasteiger charge is 2.36. The number of thioether (sulfide) groups is 1. The highest BCUT2D eigenvalue weighted by molar-refractivity contribution is 8.13. The van der Waals surface area contributed by atoms with Crippen molar-refractivity contribution >= 4 is 24.5 Å². The summed E-state index contributed by atoms with van der Waals surface area (Å²) in [6.45, 7) is 5.58. The average molecular weight is 240 g/mol. The molecule has 0 amide bonds. The monoisotopic (exact) mass is 240 g/mol. The molecule has 0 aliphatic carbocycles. The number of carbonyl (C=O) groups is 1. The molecule has 0 heterocycles. The van der Waals surface area contributed by atoms with Gasteiger partial charge in [-0.05, 0) is 27.0 Å². The summed E-state index contributed by atoms with van der Waals surface area (Å²) in [6, 6.07) is 0. The Morgan fingerprint density at radius 1 is 1.36 bits per heavy atom. The van der Waals surface area contributed by atoms with Gasteiger partial charge in [-0.25, -0.2) is 0 Å². The first-order chi connectivity index (χ1) is 6.51. The molecule has 0 saturated heterocycles. The van der Waals surface area contributed by atoms with Crippen molar-refractivity contribution in [2.75, 3.05) is 19.5 Å². The minimum atomic E-state index is -3.25. The molecular formula is C8H17O4PS. The second-order valence-electron chi connectivity index (χ2n) is 2.57. The molecule has 14 heavy (non-hydrogen) atoms. The lowest BCUT2D eigenvalue weighted by atomic mass is 10.5. The van der Waals surface area contributed by atoms with Crippen LogP contribution in [0.1, 0.15) is 20.8 Å². The first kappa shape index (κ1) is 14.2. The third-order valence-electron chi connectivity index (χ3n) is 1.63. The predicted octanol–water partition coefficient (Wildman–Crippen LogP) is 2.53. The Morgan fingerprint density at radius 2 is 1.79 bits per heavy atom. The lowest BCUT2D eigenvalue weighted by Crippen LogP contribution is -2.17. The van der Waals surface area contributed by atoms with Crippen LogP contribution in [0, 0.1) is 0 Å². The van der Waals surface area contributed by atoms with Gasteiger partial charge in [0, 0.05) is 0 Å². The van der Waals surface area contributed by atoms with E-state index in [2.05, 4.69) is 0 Å². The molecule has 84 valence electrons. The van der Waals surface area contributed by atoms with Gasteiger partial charge in [0.1, 0.15) is 5.66 Å². The normalized spacial score (nSPS) is 14.0. The molecule has 0 aromatic carbocycles. The molecule has 0 radical (unpaired) electrons. The molecule has 0 N–H and O–H groups in total. The van der Waals surface area contributed by atoms with Gasteiger partial charge in [-0.15, -0.1) is 0 Å². The van der Waals surface area contributed by atoms with Crippen LogP contribution in [0.25, 0.3) is 0 Å². The van der Waals surface area contributed by atoms with Crippen molar-refractivity contribution in [2.24, 2.45) is 0 Å². The van der Waals surface area contributed by atoms with Crippen LogP contribution in [0.4, 0.5) is 0 Å². The average Bonchev–Trinajstić information content (AvgIpc) is 2.16. The Hall–Kier alpha value is 0.170. The molecule has 4 nitrogen and oxygen atoms in total. The summed E-state index contributed by atoms with van der Waals surface area (Å²) >= 11 is 1.04. The van der Waals surface area contributed by atoms with Crippen molar-refractivity contribution in [1.29, 1.82) is 0 Å². The summed E-state index contributed by atoms with van der Waals surface area (Å²) in [5.41, 5.74) is -0.697. The molecule has 0 bridgehead atoms. The Balaban J connectivity index is 4.63. The second-order valence-corrected chi connectivity index (χ2v) is 5.76. The van der Waals surface area contributed by atoms with Crippen LogP contribution >= 0.6 is 19.4 Å². The Kier molecular flexibility index (Phi) is 6.70. The van der Waals surface area contributed by atoms with E-state index in [1.54, 1.807) is 27.0 Å². The van der Waals surface area contributed by atoms with Gasteiger partial charge < -0.3 is 9.05 Å². The molecule has 1 atom stereocenters. The molecule has 1 unspecified atom stereocenters. The second kappa shape index (κ2) is 6.62. The lowest BCUT2D eigenvalue weighted by molar-refractivity contribution is -0.110. The van der Waals surface area contributed by atoms with Crippen molar-refractivity contribution in [3.8, 4) is 0 Å². The molecule has 0 aliphatic heterocycles. The van der Waals surface area contributed by atoms with E-state index in [4.69, 9.17) is 9.05 Å². The Bertz CT molecular complexity index is 221. The molecule has 6 heteroatoms. The zero-order valence-electron chi connectivity index (χ0n) is 8.98. The quantitative estimate of drug-likeness (QED) is 0.668. The van der Waals surface area contributed by atoms with E-state index in [1.807, 2.05) is 0 Å². The highest BCUT2D eigenvalue weighted by Crippen LogP contribution is 2.53. The van der Waals surface area contributed by atoms with Crippen molar-refractivity contribution in [1.82, 2.24) is 0 Å². The summed E-state index contributed by atoms with van der Waals surface area (Å²) in [6.07, 6.45) is 1.65. The van der Waals surface area contributed by atoms with E-state index in [0.717, 1.165) is 11.8 Å². The van der Waals surface area contributed by atoms with Gasteiger partial charge in [0.15, 0.2) is 0 Å². The SMILES string of the molecule is CCOP(=O)(OCC)C(C)C(=O)SC. The first-order valence-electron chi connectivity index (χ1n) is 4.48. The number of rotatable bonds is 6. The van der Waals surface area contributed by atoms with Crippen molar-refractivity contribution in [3.63, 3.8) is 0 Å². The van der Waals surface area contributed by atoms with Crippen molar-refractivity contribution < 1.29 is 18.4 Å². The molecule has 0 aromatic rings. The maximum Gasteiger partial charge on any atom is 0.341 e. The fourth-order valence-corrected chi connectivity index (χ4v) is 3.46. The number of hydrogen-bond donors (Lipinski definition) is 0. The maximum atomic E-state index is 12.0. The van der Waals surface area contributed by atoms with E-state index in [-0.39, 0.29) is 18.3 Å². The van der Waals surface area contributed by atoms with Crippen molar-refractivity contribution in [2.45, 2.75) is 26.4 Å². The zero-order chi connectivity index (χ0) is 11.2. The molecule has 0 rings (SSSR count). The topological polar surface area (TPSA) is 52.6 Å². The van der Waals surface area contributed by atoms with E-state index in [1.165, 1.54) is 0 Å². The summed E-state index contributed by atoms with van der Waals surface area (Å²) in [5.74, 6) is 0. The minimum Gasteiger partial charge on any atom is -0.308 e. The number of carbonyl (C=O) groups excluding carboxylic acids is 1. The molecule has 0 saturated carbocycles. The first-order valence-corrected chi connectivity index (χ1v) is 7.32. The van der Waals surface area contributed by atoms with Crippen LogP contribution < -0.4 is 0 Å². The zero-order valence-corrected chi connectivity index (χ0v) is 10.7. The smallest absolute Gasteiger partial charge is 0.308 e. The number of hydrogen-bond acceptors (Lipinski definition) is 5. The third-order valence-corrected chi connectivity index (χ3v) is 4.98. The molecule has 0 spiro atoms. The summed E-state index contributed by atoms with van der Waals surface area (Å²) in [4.78, 5) is 11.3. The van der Waals surface area contributed by atoms with Gasteiger partial charge in [0.25, 0.3) is 0 Å². The van der Waals surface area contributed by atoms with Gasteiger partial charge in [-0.3, -0.25) is 9.36 Å². The molecule has 0 aliphatic rings. The van der Waals surface area contributed by atoms with Gasteiger partial charge >= 0.3 is 7.60 Å². The van der Waals surface area contributed by atoms with E-state index in [9.17, 15) is 9.36 Å². The minimum absolute atomic E-state index is 0.171. The summed E-state index contributed by atoms with van der Waals surface area (Å²) in [7, 11) is -3.25. The Morgan fingerprint density at radius 3 is 2.07 bits per heavy atom. The van der Waals surface area contributed by atoms with Gasteiger partial charge in [-0.2, -0.15) is 0 Å². The fraction of sp³-hybridized carbons (Fsp3) is 0.875. The van der Waals surface area contributed by atoms with Crippen molar-refractivity contribution in [3.05, 3.63) is 0 Å². The largest absolute Gasteiger partial charge is 0.341 e. The van der Waals surface area contributed by atoms with Gasteiger partial charge in [-0.1, -0.05) is 11.8 Å². The van der Waals surface area contributed by atoms with Gasteiger partial charge in [0.2, 0.25) is 5.12 Å². The van der Waals surface area contributed by atoms with Crippen LogP contribution in [-0.2, 0) is 18.4 Å². The van der Waals surface area contributed by atoms with Crippen LogP contribution in [-0.4, -0.2) is 30.2 Å². The molecule has 0 fully saturated rings. The van der Waals surface area contributed by atoms with Crippen LogP contribution in [0.2, 0.25) is 0 Å². The lowest BCUT2D eigenvalue weighted by Gasteiger charge is -2.21. The maximum absolute atomic E-state index is 12.0. The predicted molar refractivity (Wildman–Crippen MR) is 58.8 cm³/mol. The van der Waals surface area contributed by atoms with Gasteiger partial charge in [0.05, 0.1) is 13.2 Å². The Labute approximate surface area is 89.3 Å². The summed E-state index contributed by atoms with van der Waals surface area (Å²) < 4.78 is 22.1. The molecule has 0 aromatic heterocycles. The van der Waals surface area contributed by atoms with E-state index < -0.39 is 13.3 Å². The fourth-order valence-electron chi connectivity index (χ4n) is 0.920. The molecular weight excluding hydrogens is 223 g/mol. The van der Waals surface area contributed by atoms with E-state index in [0.29, 0.717) is 0 Å². The van der Waals surface area contributed by atoms with E-state index >= 15 is 0 Å². The van der Waals surface area contributed by atoms with Crippen LogP contribution in [0.3, 0.4) is 0 Å². The van der Waals surface area contributed by atoms with Crippen LogP contribution in [0.5, 0.6) is 0 Å².